The molecule has 0 atom stereocenters. The van der Waals surface area contributed by atoms with E-state index in [1.165, 1.54) is 18.2 Å². The smallest absolute Gasteiger partial charge is 0.229 e. The largest absolute Gasteiger partial charge is 0.369 e. The Balaban J connectivity index is 2.92. The van der Waals surface area contributed by atoms with E-state index in [1.54, 1.807) is 0 Å². The van der Waals surface area contributed by atoms with Crippen molar-refractivity contribution in [3.8, 4) is 11.8 Å². The first-order chi connectivity index (χ1) is 7.13. The lowest BCUT2D eigenvalue weighted by Crippen LogP contribution is -2.08. The second kappa shape index (κ2) is 5.13. The quantitative estimate of drug-likeness (QED) is 0.692. The predicted octanol–water partition coefficient (Wildman–Crippen LogP) is 0.511. The van der Waals surface area contributed by atoms with E-state index in [9.17, 15) is 9.18 Å². The van der Waals surface area contributed by atoms with E-state index in [2.05, 4.69) is 11.8 Å². The summed E-state index contributed by atoms with van der Waals surface area (Å²) in [5.41, 5.74) is 11.6. The molecule has 4 heteroatoms. The molecule has 1 aromatic rings. The predicted molar refractivity (Wildman–Crippen MR) is 55.0 cm³/mol. The lowest BCUT2D eigenvalue weighted by atomic mass is 10.1. The molecule has 1 aromatic carbocycles. The number of halogens is 1. The van der Waals surface area contributed by atoms with Crippen LogP contribution in [0.1, 0.15) is 17.5 Å². The van der Waals surface area contributed by atoms with Crippen LogP contribution in [0.5, 0.6) is 0 Å². The molecule has 1 rings (SSSR count). The van der Waals surface area contributed by atoms with Crippen LogP contribution in [0.25, 0.3) is 0 Å². The Morgan fingerprint density at radius 2 is 2.20 bits per heavy atom. The van der Waals surface area contributed by atoms with Gasteiger partial charge in [-0.05, 0) is 23.8 Å². The van der Waals surface area contributed by atoms with Gasteiger partial charge in [-0.1, -0.05) is 11.8 Å². The molecule has 78 valence electrons. The fourth-order valence-electron chi connectivity index (χ4n) is 1.08. The molecule has 0 radical (unpaired) electrons. The van der Waals surface area contributed by atoms with Crippen LogP contribution in [0, 0.1) is 17.7 Å². The number of amides is 1. The van der Waals surface area contributed by atoms with Crippen LogP contribution >= 0.6 is 0 Å². The van der Waals surface area contributed by atoms with Gasteiger partial charge in [0.05, 0.1) is 6.42 Å². The Labute approximate surface area is 87.3 Å². The molecule has 0 aliphatic rings. The van der Waals surface area contributed by atoms with E-state index in [0.29, 0.717) is 11.1 Å². The van der Waals surface area contributed by atoms with Crippen molar-refractivity contribution < 1.29 is 9.18 Å². The Kier molecular flexibility index (Phi) is 3.83. The molecular weight excluding hydrogens is 195 g/mol. The van der Waals surface area contributed by atoms with Gasteiger partial charge in [-0.2, -0.15) is 0 Å². The van der Waals surface area contributed by atoms with Crippen LogP contribution in [0.3, 0.4) is 0 Å². The molecule has 3 nitrogen and oxygen atoms in total. The van der Waals surface area contributed by atoms with Crippen LogP contribution in [-0.4, -0.2) is 5.91 Å². The highest BCUT2D eigenvalue weighted by atomic mass is 19.1. The van der Waals surface area contributed by atoms with E-state index in [4.69, 9.17) is 11.5 Å². The van der Waals surface area contributed by atoms with Crippen molar-refractivity contribution in [2.75, 3.05) is 0 Å². The minimum Gasteiger partial charge on any atom is -0.369 e. The highest BCUT2D eigenvalue weighted by Gasteiger charge is 1.99. The summed E-state index contributed by atoms with van der Waals surface area (Å²) in [4.78, 5) is 10.4. The summed E-state index contributed by atoms with van der Waals surface area (Å²) in [6.45, 7) is 0.207. The van der Waals surface area contributed by atoms with Crippen LogP contribution < -0.4 is 11.5 Å². The van der Waals surface area contributed by atoms with Gasteiger partial charge in [-0.25, -0.2) is 4.39 Å². The minimum absolute atomic E-state index is 0.0125. The first-order valence-corrected chi connectivity index (χ1v) is 4.39. The molecule has 0 saturated heterocycles. The second-order valence-corrected chi connectivity index (χ2v) is 2.95. The van der Waals surface area contributed by atoms with Gasteiger partial charge < -0.3 is 11.5 Å². The van der Waals surface area contributed by atoms with Crippen molar-refractivity contribution in [1.29, 1.82) is 0 Å². The van der Waals surface area contributed by atoms with Crippen LogP contribution in [0.2, 0.25) is 0 Å². The van der Waals surface area contributed by atoms with E-state index in [1.807, 2.05) is 0 Å². The zero-order valence-corrected chi connectivity index (χ0v) is 8.09. The summed E-state index contributed by atoms with van der Waals surface area (Å²) in [7, 11) is 0. The average molecular weight is 206 g/mol. The summed E-state index contributed by atoms with van der Waals surface area (Å²) in [6.07, 6.45) is -0.0125. The van der Waals surface area contributed by atoms with Gasteiger partial charge in [-0.15, -0.1) is 0 Å². The first-order valence-electron chi connectivity index (χ1n) is 4.39. The lowest BCUT2D eigenvalue weighted by molar-refractivity contribution is -0.117. The average Bonchev–Trinajstić information content (AvgIpc) is 2.19. The molecule has 0 unspecified atom stereocenters. The molecule has 0 spiro atoms. The van der Waals surface area contributed by atoms with Crippen molar-refractivity contribution in [1.82, 2.24) is 0 Å². The molecule has 0 aromatic heterocycles. The fourth-order valence-corrected chi connectivity index (χ4v) is 1.08. The Bertz CT molecular complexity index is 432. The highest BCUT2D eigenvalue weighted by Crippen LogP contribution is 2.09. The van der Waals surface area contributed by atoms with Gasteiger partial charge >= 0.3 is 0 Å². The van der Waals surface area contributed by atoms with Crippen molar-refractivity contribution in [3.63, 3.8) is 0 Å². The Morgan fingerprint density at radius 1 is 1.47 bits per heavy atom. The second-order valence-electron chi connectivity index (χ2n) is 2.95. The fraction of sp³-hybridized carbons (Fsp3) is 0.182. The Hall–Kier alpha value is -1.86. The lowest BCUT2D eigenvalue weighted by Gasteiger charge is -2.00. The molecule has 0 bridgehead atoms. The van der Waals surface area contributed by atoms with E-state index in [-0.39, 0.29) is 18.8 Å². The number of hydrogen-bond acceptors (Lipinski definition) is 2. The molecule has 0 heterocycles. The van der Waals surface area contributed by atoms with Gasteiger partial charge in [-0.3, -0.25) is 4.79 Å². The maximum atomic E-state index is 12.8. The maximum Gasteiger partial charge on any atom is 0.229 e. The van der Waals surface area contributed by atoms with Gasteiger partial charge in [0.25, 0.3) is 0 Å². The van der Waals surface area contributed by atoms with Crippen molar-refractivity contribution in [3.05, 3.63) is 35.1 Å². The summed E-state index contributed by atoms with van der Waals surface area (Å²) >= 11 is 0. The molecule has 0 aliphatic heterocycles. The number of hydrogen-bond donors (Lipinski definition) is 2. The van der Waals surface area contributed by atoms with Gasteiger partial charge in [0, 0.05) is 12.1 Å². The first kappa shape index (κ1) is 11.2. The summed E-state index contributed by atoms with van der Waals surface area (Å²) < 4.78 is 12.8. The monoisotopic (exact) mass is 206 g/mol. The molecular formula is C11H11FN2O. The third kappa shape index (κ3) is 3.41. The van der Waals surface area contributed by atoms with Crippen LogP contribution in [-0.2, 0) is 11.3 Å². The van der Waals surface area contributed by atoms with E-state index < -0.39 is 5.91 Å². The summed E-state index contributed by atoms with van der Waals surface area (Å²) in [5.74, 6) is 4.48. The molecule has 0 aliphatic carbocycles. The van der Waals surface area contributed by atoms with Crippen LogP contribution in [0.4, 0.5) is 4.39 Å². The highest BCUT2D eigenvalue weighted by molar-refractivity contribution is 5.76. The van der Waals surface area contributed by atoms with Gasteiger partial charge in [0.1, 0.15) is 5.82 Å². The molecule has 0 saturated carbocycles. The van der Waals surface area contributed by atoms with Crippen molar-refractivity contribution >= 4 is 5.91 Å². The number of carbonyl (C=O) groups excluding carboxylic acids is 1. The third-order valence-electron chi connectivity index (χ3n) is 1.77. The normalized spacial score (nSPS) is 9.20. The maximum absolute atomic E-state index is 12.8. The number of primary amides is 1. The third-order valence-corrected chi connectivity index (χ3v) is 1.77. The molecule has 4 N–H and O–H groups in total. The molecule has 1 amide bonds. The number of benzene rings is 1. The molecule has 15 heavy (non-hydrogen) atoms. The zero-order chi connectivity index (χ0) is 11.3. The molecule has 0 fully saturated rings. The zero-order valence-electron chi connectivity index (χ0n) is 8.09. The number of nitrogens with two attached hydrogens (primary N) is 2. The Morgan fingerprint density at radius 3 is 2.80 bits per heavy atom. The summed E-state index contributed by atoms with van der Waals surface area (Å²) in [6, 6.07) is 4.16. The number of carbonyl (C=O) groups is 1. The minimum atomic E-state index is -0.487. The van der Waals surface area contributed by atoms with Gasteiger partial charge in [0.15, 0.2) is 0 Å². The van der Waals surface area contributed by atoms with E-state index in [0.717, 1.165) is 0 Å². The van der Waals surface area contributed by atoms with E-state index >= 15 is 0 Å². The SMILES string of the molecule is NCc1cc(F)ccc1C#CCC(N)=O. The standard InChI is InChI=1S/C11H11FN2O/c12-10-5-4-8(9(6-10)7-13)2-1-3-11(14)15/h4-6H,3,7,13H2,(H2,14,15). The van der Waals surface area contributed by atoms with Crippen molar-refractivity contribution in [2.24, 2.45) is 11.5 Å². The van der Waals surface area contributed by atoms with Crippen LogP contribution in [0.15, 0.2) is 18.2 Å². The topological polar surface area (TPSA) is 69.1 Å². The number of rotatable bonds is 2. The summed E-state index contributed by atoms with van der Waals surface area (Å²) in [5, 5.41) is 0. The van der Waals surface area contributed by atoms with Gasteiger partial charge in [0.2, 0.25) is 5.91 Å². The van der Waals surface area contributed by atoms with Crippen molar-refractivity contribution in [2.45, 2.75) is 13.0 Å².